The van der Waals surface area contributed by atoms with Crippen LogP contribution in [0.5, 0.6) is 0 Å². The molecule has 2 nitrogen and oxygen atoms in total. The smallest absolute Gasteiger partial charge is 0.0498 e. The van der Waals surface area contributed by atoms with Crippen LogP contribution in [0.25, 0.3) is 0 Å². The van der Waals surface area contributed by atoms with Crippen molar-refractivity contribution in [3.63, 3.8) is 0 Å². The van der Waals surface area contributed by atoms with Crippen LogP contribution in [-0.2, 0) is 10.8 Å². The van der Waals surface area contributed by atoms with Crippen LogP contribution in [-0.4, -0.2) is 10.5 Å². The molecule has 0 amide bonds. The van der Waals surface area contributed by atoms with Gasteiger partial charge >= 0.3 is 0 Å². The highest BCUT2D eigenvalue weighted by Crippen LogP contribution is 2.07. The second-order valence-corrected chi connectivity index (χ2v) is 3.40. The Morgan fingerprint density at radius 3 is 2.20 bits per heavy atom. The van der Waals surface area contributed by atoms with E-state index in [9.17, 15) is 4.21 Å². The van der Waals surface area contributed by atoms with E-state index in [1.165, 1.54) is 0 Å². The largest absolute Gasteiger partial charge is 0.399 e. The Labute approximate surface area is 62.5 Å². The van der Waals surface area contributed by atoms with Crippen molar-refractivity contribution in [3.05, 3.63) is 24.3 Å². The van der Waals surface area contributed by atoms with Gasteiger partial charge in [-0.3, -0.25) is 4.21 Å². The molecule has 0 aliphatic carbocycles. The second kappa shape index (κ2) is 2.84. The van der Waals surface area contributed by atoms with Crippen LogP contribution in [0.2, 0.25) is 0 Å². The molecule has 2 N–H and O–H groups in total. The predicted molar refractivity (Wildman–Crippen MR) is 43.2 cm³/mol. The van der Waals surface area contributed by atoms with Crippen molar-refractivity contribution in [2.75, 3.05) is 12.0 Å². The van der Waals surface area contributed by atoms with Crippen LogP contribution in [0, 0.1) is 0 Å². The summed E-state index contributed by atoms with van der Waals surface area (Å²) in [5.41, 5.74) is 6.13. The predicted octanol–water partition coefficient (Wildman–Crippen LogP) is 1.01. The number of nitrogens with two attached hydrogens (primary N) is 1. The molecule has 0 fully saturated rings. The van der Waals surface area contributed by atoms with Crippen LogP contribution in [0.1, 0.15) is 0 Å². The van der Waals surface area contributed by atoms with Gasteiger partial charge in [-0.05, 0) is 24.3 Å². The average molecular weight is 155 g/mol. The van der Waals surface area contributed by atoms with E-state index in [4.69, 9.17) is 5.73 Å². The van der Waals surface area contributed by atoms with E-state index in [1.54, 1.807) is 30.5 Å². The van der Waals surface area contributed by atoms with Gasteiger partial charge in [-0.15, -0.1) is 0 Å². The first-order chi connectivity index (χ1) is 4.70. The molecule has 1 aromatic carbocycles. The zero-order valence-electron chi connectivity index (χ0n) is 5.70. The fourth-order valence-electron chi connectivity index (χ4n) is 0.659. The van der Waals surface area contributed by atoms with Crippen molar-refractivity contribution in [1.82, 2.24) is 0 Å². The van der Waals surface area contributed by atoms with Gasteiger partial charge in [-0.25, -0.2) is 0 Å². The highest BCUT2D eigenvalue weighted by molar-refractivity contribution is 7.84. The lowest BCUT2D eigenvalue weighted by Crippen LogP contribution is -1.88. The molecule has 1 rings (SSSR count). The van der Waals surface area contributed by atoms with Gasteiger partial charge in [-0.2, -0.15) is 0 Å². The first-order valence-electron chi connectivity index (χ1n) is 2.89. The average Bonchev–Trinajstić information content (AvgIpc) is 1.88. The van der Waals surface area contributed by atoms with Gasteiger partial charge in [0, 0.05) is 27.6 Å². The van der Waals surface area contributed by atoms with Crippen molar-refractivity contribution in [2.24, 2.45) is 0 Å². The van der Waals surface area contributed by atoms with Gasteiger partial charge < -0.3 is 5.73 Å². The van der Waals surface area contributed by atoms with Gasteiger partial charge in [0.05, 0.1) is 0 Å². The molecule has 3 heteroatoms. The Hall–Kier alpha value is -0.830. The first kappa shape index (κ1) is 7.28. The Bertz CT molecular complexity index is 242. The maximum Gasteiger partial charge on any atom is 0.0498 e. The zero-order chi connectivity index (χ0) is 7.56. The summed E-state index contributed by atoms with van der Waals surface area (Å²) >= 11 is 0. The van der Waals surface area contributed by atoms with Gasteiger partial charge in [0.1, 0.15) is 0 Å². The van der Waals surface area contributed by atoms with E-state index >= 15 is 0 Å². The fraction of sp³-hybridized carbons (Fsp3) is 0.143. The van der Waals surface area contributed by atoms with E-state index in [1.807, 2.05) is 0 Å². The Kier molecular flexibility index (Phi) is 2.06. The molecule has 0 radical (unpaired) electrons. The minimum atomic E-state index is -0.893. The highest BCUT2D eigenvalue weighted by atomic mass is 32.2. The lowest BCUT2D eigenvalue weighted by Gasteiger charge is -1.94. The lowest BCUT2D eigenvalue weighted by atomic mass is 10.3. The third kappa shape index (κ3) is 1.57. The molecule has 0 unspecified atom stereocenters. The summed E-state index contributed by atoms with van der Waals surface area (Å²) in [4.78, 5) is 0.814. The van der Waals surface area contributed by atoms with Crippen LogP contribution in [0.15, 0.2) is 29.2 Å². The zero-order valence-corrected chi connectivity index (χ0v) is 6.52. The standard InChI is InChI=1S/C7H9NOS/c1-10(9)7-4-2-6(8)3-5-7/h2-5H,8H2,1H3/t10-/m1/s1. The highest BCUT2D eigenvalue weighted by Gasteiger charge is 1.93. The Balaban J connectivity index is 3.00. The van der Waals surface area contributed by atoms with Crippen LogP contribution < -0.4 is 5.73 Å². The molecular formula is C7H9NOS. The summed E-state index contributed by atoms with van der Waals surface area (Å²) in [6.07, 6.45) is 1.64. The SMILES string of the molecule is C[S@@](=O)c1ccc(N)cc1. The summed E-state index contributed by atoms with van der Waals surface area (Å²) in [6.45, 7) is 0. The molecule has 0 aliphatic rings. The molecule has 0 bridgehead atoms. The van der Waals surface area contributed by atoms with E-state index in [2.05, 4.69) is 0 Å². The monoisotopic (exact) mass is 155 g/mol. The quantitative estimate of drug-likeness (QED) is 0.615. The van der Waals surface area contributed by atoms with Gasteiger partial charge in [0.25, 0.3) is 0 Å². The summed E-state index contributed by atoms with van der Waals surface area (Å²) in [6, 6.07) is 7.03. The molecule has 0 aliphatic heterocycles. The number of anilines is 1. The Morgan fingerprint density at radius 1 is 1.30 bits per heavy atom. The molecule has 0 spiro atoms. The molecule has 10 heavy (non-hydrogen) atoms. The number of hydrogen-bond donors (Lipinski definition) is 1. The van der Waals surface area contributed by atoms with Crippen molar-refractivity contribution in [2.45, 2.75) is 4.90 Å². The second-order valence-electron chi connectivity index (χ2n) is 2.02. The molecule has 1 atom stereocenters. The lowest BCUT2D eigenvalue weighted by molar-refractivity contribution is 0.687. The van der Waals surface area contributed by atoms with E-state index < -0.39 is 10.8 Å². The molecule has 0 aromatic heterocycles. The molecule has 0 saturated heterocycles. The van der Waals surface area contributed by atoms with E-state index in [-0.39, 0.29) is 0 Å². The van der Waals surface area contributed by atoms with Crippen molar-refractivity contribution >= 4 is 16.5 Å². The third-order valence-electron chi connectivity index (χ3n) is 1.21. The third-order valence-corrected chi connectivity index (χ3v) is 2.15. The van der Waals surface area contributed by atoms with Gasteiger partial charge in [-0.1, -0.05) is 0 Å². The summed E-state index contributed by atoms with van der Waals surface area (Å²) in [5, 5.41) is 0. The molecule has 1 aromatic rings. The summed E-state index contributed by atoms with van der Waals surface area (Å²) < 4.78 is 10.8. The Morgan fingerprint density at radius 2 is 1.80 bits per heavy atom. The van der Waals surface area contributed by atoms with Crippen molar-refractivity contribution in [1.29, 1.82) is 0 Å². The topological polar surface area (TPSA) is 43.1 Å². The van der Waals surface area contributed by atoms with Crippen LogP contribution in [0.4, 0.5) is 5.69 Å². The van der Waals surface area contributed by atoms with E-state index in [0.29, 0.717) is 5.69 Å². The normalized spacial score (nSPS) is 12.9. The van der Waals surface area contributed by atoms with Crippen molar-refractivity contribution < 1.29 is 4.21 Å². The number of rotatable bonds is 1. The number of nitrogen functional groups attached to an aromatic ring is 1. The minimum Gasteiger partial charge on any atom is -0.399 e. The molecule has 0 saturated carbocycles. The van der Waals surface area contributed by atoms with Gasteiger partial charge in [0.15, 0.2) is 0 Å². The molecular weight excluding hydrogens is 146 g/mol. The maximum atomic E-state index is 10.8. The van der Waals surface area contributed by atoms with E-state index in [0.717, 1.165) is 4.90 Å². The van der Waals surface area contributed by atoms with Gasteiger partial charge in [0.2, 0.25) is 0 Å². The first-order valence-corrected chi connectivity index (χ1v) is 4.45. The number of hydrogen-bond acceptors (Lipinski definition) is 2. The maximum absolute atomic E-state index is 10.8. The molecule has 54 valence electrons. The van der Waals surface area contributed by atoms with Crippen LogP contribution in [0.3, 0.4) is 0 Å². The summed E-state index contributed by atoms with van der Waals surface area (Å²) in [5.74, 6) is 0. The number of benzene rings is 1. The van der Waals surface area contributed by atoms with Crippen LogP contribution >= 0.6 is 0 Å². The molecule has 0 heterocycles. The van der Waals surface area contributed by atoms with Crippen molar-refractivity contribution in [3.8, 4) is 0 Å². The fourth-order valence-corrected chi connectivity index (χ4v) is 1.18. The summed E-state index contributed by atoms with van der Waals surface area (Å²) in [7, 11) is -0.893. The minimum absolute atomic E-state index is 0.703.